The molecule has 2 rings (SSSR count). The van der Waals surface area contributed by atoms with Gasteiger partial charge in [-0.1, -0.05) is 19.1 Å². The minimum atomic E-state index is 0.281. The Bertz CT molecular complexity index is 533. The van der Waals surface area contributed by atoms with E-state index in [1.165, 1.54) is 5.56 Å². The van der Waals surface area contributed by atoms with Crippen molar-refractivity contribution in [3.63, 3.8) is 0 Å². The molecule has 1 unspecified atom stereocenters. The number of rotatable bonds is 8. The first-order chi connectivity index (χ1) is 10.3. The molecule has 1 atom stereocenters. The Labute approximate surface area is 127 Å². The van der Waals surface area contributed by atoms with Gasteiger partial charge >= 0.3 is 0 Å². The number of nitrogens with zero attached hydrogens (tertiary/aromatic N) is 2. The lowest BCUT2D eigenvalue weighted by molar-refractivity contribution is 0.414. The maximum absolute atomic E-state index is 5.24. The quantitative estimate of drug-likeness (QED) is 0.810. The van der Waals surface area contributed by atoms with E-state index >= 15 is 0 Å². The predicted octanol–water partition coefficient (Wildman–Crippen LogP) is 3.20. The van der Waals surface area contributed by atoms with Gasteiger partial charge in [-0.3, -0.25) is 0 Å². The summed E-state index contributed by atoms with van der Waals surface area (Å²) in [5.41, 5.74) is 1.27. The van der Waals surface area contributed by atoms with Gasteiger partial charge in [0.2, 0.25) is 0 Å². The van der Waals surface area contributed by atoms with Crippen molar-refractivity contribution in [3.05, 3.63) is 48.0 Å². The molecule has 2 aromatic rings. The van der Waals surface area contributed by atoms with Gasteiger partial charge in [0.1, 0.15) is 11.6 Å². The monoisotopic (exact) mass is 287 g/mol. The first-order valence-corrected chi connectivity index (χ1v) is 7.65. The van der Waals surface area contributed by atoms with Crippen LogP contribution in [-0.4, -0.2) is 23.2 Å². The van der Waals surface area contributed by atoms with Gasteiger partial charge in [-0.25, -0.2) is 4.98 Å². The molecule has 0 aliphatic carbocycles. The number of aryl methyl sites for hydroxylation is 1. The number of imidazole rings is 1. The molecule has 21 heavy (non-hydrogen) atoms. The summed E-state index contributed by atoms with van der Waals surface area (Å²) >= 11 is 0. The van der Waals surface area contributed by atoms with Gasteiger partial charge in [-0.2, -0.15) is 0 Å². The van der Waals surface area contributed by atoms with Crippen LogP contribution in [0.15, 0.2) is 36.7 Å². The van der Waals surface area contributed by atoms with Crippen molar-refractivity contribution in [2.45, 2.75) is 39.3 Å². The fraction of sp³-hybridized carbons (Fsp3) is 0.471. The van der Waals surface area contributed by atoms with Crippen LogP contribution >= 0.6 is 0 Å². The van der Waals surface area contributed by atoms with Gasteiger partial charge in [0, 0.05) is 31.4 Å². The number of methoxy groups -OCH3 is 1. The third kappa shape index (κ3) is 4.08. The molecule has 1 heterocycles. The molecule has 0 saturated heterocycles. The summed E-state index contributed by atoms with van der Waals surface area (Å²) in [5, 5.41) is 3.62. The molecular formula is C17H25N3O. The second-order valence-corrected chi connectivity index (χ2v) is 5.11. The number of hydrogen-bond acceptors (Lipinski definition) is 3. The molecule has 1 aromatic heterocycles. The van der Waals surface area contributed by atoms with Crippen molar-refractivity contribution in [1.82, 2.24) is 14.9 Å². The van der Waals surface area contributed by atoms with Gasteiger partial charge in [-0.05, 0) is 37.6 Å². The Morgan fingerprint density at radius 3 is 2.62 bits per heavy atom. The molecule has 4 nitrogen and oxygen atoms in total. The van der Waals surface area contributed by atoms with Crippen molar-refractivity contribution in [3.8, 4) is 5.75 Å². The Balaban J connectivity index is 2.16. The standard InChI is InChI=1S/C17H25N3O/c1-4-10-18-16(13-17-19-11-12-20(17)5-2)14-6-8-15(21-3)9-7-14/h6-9,11-12,16,18H,4-5,10,13H2,1-3H3. The van der Waals surface area contributed by atoms with Gasteiger partial charge in [-0.15, -0.1) is 0 Å². The second-order valence-electron chi connectivity index (χ2n) is 5.11. The van der Waals surface area contributed by atoms with Gasteiger partial charge < -0.3 is 14.6 Å². The molecule has 0 aliphatic heterocycles. The molecule has 4 heteroatoms. The Morgan fingerprint density at radius 2 is 2.00 bits per heavy atom. The smallest absolute Gasteiger partial charge is 0.118 e. The molecule has 0 bridgehead atoms. The topological polar surface area (TPSA) is 39.1 Å². The molecule has 0 radical (unpaired) electrons. The van der Waals surface area contributed by atoms with E-state index < -0.39 is 0 Å². The zero-order chi connectivity index (χ0) is 15.1. The molecule has 1 N–H and O–H groups in total. The van der Waals surface area contributed by atoms with E-state index in [1.807, 2.05) is 24.5 Å². The van der Waals surface area contributed by atoms with Crippen LogP contribution < -0.4 is 10.1 Å². The van der Waals surface area contributed by atoms with E-state index in [9.17, 15) is 0 Å². The summed E-state index contributed by atoms with van der Waals surface area (Å²) in [4.78, 5) is 4.49. The van der Waals surface area contributed by atoms with Gasteiger partial charge in [0.15, 0.2) is 0 Å². The molecule has 0 spiro atoms. The minimum Gasteiger partial charge on any atom is -0.497 e. The third-order valence-electron chi connectivity index (χ3n) is 3.69. The Kier molecular flexibility index (Phi) is 5.81. The molecule has 0 aliphatic rings. The highest BCUT2D eigenvalue weighted by Gasteiger charge is 2.14. The summed E-state index contributed by atoms with van der Waals surface area (Å²) in [6.45, 7) is 6.29. The highest BCUT2D eigenvalue weighted by molar-refractivity contribution is 5.29. The molecule has 0 fully saturated rings. The zero-order valence-corrected chi connectivity index (χ0v) is 13.2. The van der Waals surface area contributed by atoms with Crippen molar-refractivity contribution in [2.75, 3.05) is 13.7 Å². The second kappa shape index (κ2) is 7.84. The zero-order valence-electron chi connectivity index (χ0n) is 13.2. The van der Waals surface area contributed by atoms with E-state index in [-0.39, 0.29) is 6.04 Å². The number of ether oxygens (including phenoxy) is 1. The molecule has 1 aromatic carbocycles. The molecule has 0 amide bonds. The number of aromatic nitrogens is 2. The van der Waals surface area contributed by atoms with Crippen LogP contribution in [0.25, 0.3) is 0 Å². The van der Waals surface area contributed by atoms with Crippen LogP contribution in [0, 0.1) is 0 Å². The van der Waals surface area contributed by atoms with Crippen molar-refractivity contribution >= 4 is 0 Å². The summed E-state index contributed by atoms with van der Waals surface area (Å²) < 4.78 is 7.43. The first-order valence-electron chi connectivity index (χ1n) is 7.65. The molecular weight excluding hydrogens is 262 g/mol. The normalized spacial score (nSPS) is 12.3. The maximum atomic E-state index is 5.24. The number of benzene rings is 1. The highest BCUT2D eigenvalue weighted by atomic mass is 16.5. The average Bonchev–Trinajstić information content (AvgIpc) is 2.98. The average molecular weight is 287 g/mol. The van der Waals surface area contributed by atoms with Crippen LogP contribution in [0.1, 0.15) is 37.7 Å². The minimum absolute atomic E-state index is 0.281. The van der Waals surface area contributed by atoms with E-state index in [0.29, 0.717) is 0 Å². The lowest BCUT2D eigenvalue weighted by Gasteiger charge is -2.19. The van der Waals surface area contributed by atoms with Crippen LogP contribution in [-0.2, 0) is 13.0 Å². The van der Waals surface area contributed by atoms with E-state index in [1.54, 1.807) is 7.11 Å². The van der Waals surface area contributed by atoms with E-state index in [0.717, 1.165) is 37.5 Å². The highest BCUT2D eigenvalue weighted by Crippen LogP contribution is 2.21. The lowest BCUT2D eigenvalue weighted by atomic mass is 10.0. The SMILES string of the molecule is CCCNC(Cc1nccn1CC)c1ccc(OC)cc1. The van der Waals surface area contributed by atoms with Gasteiger partial charge in [0.05, 0.1) is 7.11 Å². The maximum Gasteiger partial charge on any atom is 0.118 e. The van der Waals surface area contributed by atoms with E-state index in [4.69, 9.17) is 4.74 Å². The molecule has 0 saturated carbocycles. The molecule has 114 valence electrons. The number of nitrogens with one attached hydrogen (secondary N) is 1. The van der Waals surface area contributed by atoms with Crippen molar-refractivity contribution < 1.29 is 4.74 Å². The largest absolute Gasteiger partial charge is 0.497 e. The third-order valence-corrected chi connectivity index (χ3v) is 3.69. The summed E-state index contributed by atoms with van der Waals surface area (Å²) in [7, 11) is 1.69. The predicted molar refractivity (Wildman–Crippen MR) is 85.6 cm³/mol. The Hall–Kier alpha value is -1.81. The number of hydrogen-bond donors (Lipinski definition) is 1. The Morgan fingerprint density at radius 1 is 1.24 bits per heavy atom. The first kappa shape index (κ1) is 15.6. The van der Waals surface area contributed by atoms with E-state index in [2.05, 4.69) is 40.8 Å². The van der Waals surface area contributed by atoms with Gasteiger partial charge in [0.25, 0.3) is 0 Å². The van der Waals surface area contributed by atoms with Crippen molar-refractivity contribution in [1.29, 1.82) is 0 Å². The summed E-state index contributed by atoms with van der Waals surface area (Å²) in [6, 6.07) is 8.57. The fourth-order valence-corrected chi connectivity index (χ4v) is 2.46. The summed E-state index contributed by atoms with van der Waals surface area (Å²) in [6.07, 6.45) is 5.94. The lowest BCUT2D eigenvalue weighted by Crippen LogP contribution is -2.25. The van der Waals surface area contributed by atoms with Crippen molar-refractivity contribution in [2.24, 2.45) is 0 Å². The van der Waals surface area contributed by atoms with Crippen LogP contribution in [0.2, 0.25) is 0 Å². The van der Waals surface area contributed by atoms with Crippen LogP contribution in [0.5, 0.6) is 5.75 Å². The van der Waals surface area contributed by atoms with Crippen LogP contribution in [0.4, 0.5) is 0 Å². The van der Waals surface area contributed by atoms with Crippen LogP contribution in [0.3, 0.4) is 0 Å². The summed E-state index contributed by atoms with van der Waals surface area (Å²) in [5.74, 6) is 2.02. The fourth-order valence-electron chi connectivity index (χ4n) is 2.46.